The van der Waals surface area contributed by atoms with Crippen LogP contribution in [0.2, 0.25) is 0 Å². The quantitative estimate of drug-likeness (QED) is 0.810. The fraction of sp³-hybridized carbons (Fsp3) is 0.533. The van der Waals surface area contributed by atoms with Gasteiger partial charge in [-0.2, -0.15) is 0 Å². The second-order valence-corrected chi connectivity index (χ2v) is 5.81. The van der Waals surface area contributed by atoms with Crippen LogP contribution in [-0.4, -0.2) is 11.9 Å². The van der Waals surface area contributed by atoms with Gasteiger partial charge in [0, 0.05) is 16.5 Å². The number of hydrogen-bond acceptors (Lipinski definition) is 2. The van der Waals surface area contributed by atoms with E-state index >= 15 is 0 Å². The van der Waals surface area contributed by atoms with E-state index in [9.17, 15) is 9.18 Å². The summed E-state index contributed by atoms with van der Waals surface area (Å²) in [5.41, 5.74) is 0.467. The lowest BCUT2D eigenvalue weighted by Gasteiger charge is -2.28. The molecule has 1 aromatic carbocycles. The first-order chi connectivity index (χ1) is 9.08. The van der Waals surface area contributed by atoms with Crippen molar-refractivity contribution < 1.29 is 9.18 Å². The highest BCUT2D eigenvalue weighted by Gasteiger charge is 2.21. The number of rotatable bonds is 3. The molecule has 0 saturated heterocycles. The van der Waals surface area contributed by atoms with E-state index in [1.165, 1.54) is 50.3 Å². The zero-order chi connectivity index (χ0) is 13.8. The van der Waals surface area contributed by atoms with Gasteiger partial charge in [0.05, 0.1) is 0 Å². The highest BCUT2D eigenvalue weighted by atomic mass is 32.1. The lowest BCUT2D eigenvalue weighted by molar-refractivity contribution is 0.0919. The van der Waals surface area contributed by atoms with Gasteiger partial charge in [-0.3, -0.25) is 4.79 Å². The molecule has 1 aliphatic carbocycles. The third-order valence-electron chi connectivity index (χ3n) is 3.92. The summed E-state index contributed by atoms with van der Waals surface area (Å²) in [5.74, 6) is 0.0159. The van der Waals surface area contributed by atoms with Crippen molar-refractivity contribution in [3.8, 4) is 0 Å². The second-order valence-electron chi connectivity index (χ2n) is 5.33. The largest absolute Gasteiger partial charge is 0.349 e. The minimum Gasteiger partial charge on any atom is -0.349 e. The van der Waals surface area contributed by atoms with E-state index in [-0.39, 0.29) is 16.8 Å². The Kier molecular flexibility index (Phi) is 4.86. The summed E-state index contributed by atoms with van der Waals surface area (Å²) in [6.07, 6.45) is 6.17. The van der Waals surface area contributed by atoms with Crippen LogP contribution in [0.25, 0.3) is 0 Å². The first kappa shape index (κ1) is 14.4. The molecule has 0 heterocycles. The summed E-state index contributed by atoms with van der Waals surface area (Å²) in [6, 6.07) is 4.42. The van der Waals surface area contributed by atoms with Crippen LogP contribution in [0.4, 0.5) is 4.39 Å². The third-order valence-corrected chi connectivity index (χ3v) is 4.27. The minimum absolute atomic E-state index is 0.145. The molecule has 1 fully saturated rings. The van der Waals surface area contributed by atoms with Gasteiger partial charge in [-0.15, -0.1) is 12.6 Å². The topological polar surface area (TPSA) is 29.1 Å². The SMILES string of the molecule is CC(NC(=O)c1ccc(F)c(S)c1)C1CCCCC1. The van der Waals surface area contributed by atoms with Gasteiger partial charge in [-0.1, -0.05) is 19.3 Å². The van der Waals surface area contributed by atoms with Gasteiger partial charge in [0.2, 0.25) is 0 Å². The number of carbonyl (C=O) groups is 1. The van der Waals surface area contributed by atoms with Crippen LogP contribution >= 0.6 is 12.6 Å². The Bertz CT molecular complexity index is 457. The molecular weight excluding hydrogens is 261 g/mol. The van der Waals surface area contributed by atoms with Gasteiger partial charge in [-0.25, -0.2) is 4.39 Å². The van der Waals surface area contributed by atoms with Crippen molar-refractivity contribution in [2.24, 2.45) is 5.92 Å². The van der Waals surface area contributed by atoms with Crippen molar-refractivity contribution in [3.05, 3.63) is 29.6 Å². The molecule has 0 spiro atoms. The molecule has 0 aromatic heterocycles. The van der Waals surface area contributed by atoms with E-state index in [0.29, 0.717) is 11.5 Å². The van der Waals surface area contributed by atoms with E-state index in [2.05, 4.69) is 24.9 Å². The van der Waals surface area contributed by atoms with Crippen LogP contribution < -0.4 is 5.32 Å². The number of thiol groups is 1. The lowest BCUT2D eigenvalue weighted by atomic mass is 9.84. The second kappa shape index (κ2) is 6.42. The number of hydrogen-bond donors (Lipinski definition) is 2. The molecule has 1 N–H and O–H groups in total. The van der Waals surface area contributed by atoms with Crippen molar-refractivity contribution >= 4 is 18.5 Å². The maximum atomic E-state index is 13.1. The third kappa shape index (κ3) is 3.72. The van der Waals surface area contributed by atoms with Gasteiger partial charge >= 0.3 is 0 Å². The Morgan fingerprint density at radius 1 is 1.37 bits per heavy atom. The Hall–Kier alpha value is -1.03. The van der Waals surface area contributed by atoms with E-state index in [0.717, 1.165) is 0 Å². The molecule has 1 saturated carbocycles. The van der Waals surface area contributed by atoms with E-state index in [1.54, 1.807) is 0 Å². The molecule has 0 aliphatic heterocycles. The zero-order valence-electron chi connectivity index (χ0n) is 11.2. The molecule has 0 radical (unpaired) electrons. The monoisotopic (exact) mass is 281 g/mol. The number of amides is 1. The van der Waals surface area contributed by atoms with Crippen molar-refractivity contribution in [1.82, 2.24) is 5.32 Å². The number of benzene rings is 1. The van der Waals surface area contributed by atoms with E-state index in [1.807, 2.05) is 0 Å². The van der Waals surface area contributed by atoms with Crippen LogP contribution in [-0.2, 0) is 0 Å². The molecule has 19 heavy (non-hydrogen) atoms. The number of halogens is 1. The maximum Gasteiger partial charge on any atom is 0.251 e. The molecule has 2 nitrogen and oxygen atoms in total. The fourth-order valence-corrected chi connectivity index (χ4v) is 2.91. The van der Waals surface area contributed by atoms with Crippen molar-refractivity contribution in [2.75, 3.05) is 0 Å². The zero-order valence-corrected chi connectivity index (χ0v) is 12.1. The molecule has 104 valence electrons. The molecule has 1 aliphatic rings. The molecule has 1 amide bonds. The smallest absolute Gasteiger partial charge is 0.251 e. The molecule has 2 rings (SSSR count). The molecule has 0 bridgehead atoms. The van der Waals surface area contributed by atoms with Crippen LogP contribution in [0, 0.1) is 11.7 Å². The summed E-state index contributed by atoms with van der Waals surface area (Å²) in [6.45, 7) is 2.05. The molecule has 4 heteroatoms. The Balaban J connectivity index is 1.97. The number of carbonyl (C=O) groups excluding carboxylic acids is 1. The standard InChI is InChI=1S/C15H20FNOS/c1-10(11-5-3-2-4-6-11)17-15(18)12-7-8-13(16)14(19)9-12/h7-11,19H,2-6H2,1H3,(H,17,18). The Morgan fingerprint density at radius 3 is 2.68 bits per heavy atom. The lowest BCUT2D eigenvalue weighted by Crippen LogP contribution is -2.38. The average Bonchev–Trinajstić information content (AvgIpc) is 2.42. The van der Waals surface area contributed by atoms with Gasteiger partial charge in [0.15, 0.2) is 0 Å². The number of nitrogens with one attached hydrogen (secondary N) is 1. The van der Waals surface area contributed by atoms with Gasteiger partial charge in [0.1, 0.15) is 5.82 Å². The maximum absolute atomic E-state index is 13.1. The predicted molar refractivity (Wildman–Crippen MR) is 77.2 cm³/mol. The van der Waals surface area contributed by atoms with Crippen molar-refractivity contribution in [1.29, 1.82) is 0 Å². The first-order valence-corrected chi connectivity index (χ1v) is 7.32. The summed E-state index contributed by atoms with van der Waals surface area (Å²) >= 11 is 4.00. The molecule has 1 aromatic rings. The van der Waals surface area contributed by atoms with Crippen LogP contribution in [0.1, 0.15) is 49.4 Å². The van der Waals surface area contributed by atoms with Gasteiger partial charge in [0.25, 0.3) is 5.91 Å². The van der Waals surface area contributed by atoms with Crippen molar-refractivity contribution in [2.45, 2.75) is 50.0 Å². The molecule has 1 atom stereocenters. The van der Waals surface area contributed by atoms with Crippen molar-refractivity contribution in [3.63, 3.8) is 0 Å². The highest BCUT2D eigenvalue weighted by Crippen LogP contribution is 2.26. The van der Waals surface area contributed by atoms with E-state index in [4.69, 9.17) is 0 Å². The fourth-order valence-electron chi connectivity index (χ4n) is 2.70. The molecular formula is C15H20FNOS. The average molecular weight is 281 g/mol. The summed E-state index contributed by atoms with van der Waals surface area (Å²) in [4.78, 5) is 12.3. The Labute approximate surface area is 119 Å². The van der Waals surface area contributed by atoms with Gasteiger partial charge in [-0.05, 0) is 43.9 Å². The summed E-state index contributed by atoms with van der Waals surface area (Å²) in [5, 5.41) is 3.02. The molecule has 1 unspecified atom stereocenters. The van der Waals surface area contributed by atoms with E-state index < -0.39 is 5.82 Å². The first-order valence-electron chi connectivity index (χ1n) is 6.87. The highest BCUT2D eigenvalue weighted by molar-refractivity contribution is 7.80. The van der Waals surface area contributed by atoms with Gasteiger partial charge < -0.3 is 5.32 Å². The summed E-state index contributed by atoms with van der Waals surface area (Å²) < 4.78 is 13.1. The van der Waals surface area contributed by atoms with Crippen LogP contribution in [0.3, 0.4) is 0 Å². The normalized spacial score (nSPS) is 18.1. The Morgan fingerprint density at radius 2 is 2.05 bits per heavy atom. The van der Waals surface area contributed by atoms with Crippen LogP contribution in [0.15, 0.2) is 23.1 Å². The minimum atomic E-state index is -0.403. The predicted octanol–water partition coefficient (Wildman–Crippen LogP) is 3.81. The van der Waals surface area contributed by atoms with Crippen LogP contribution in [0.5, 0.6) is 0 Å². The summed E-state index contributed by atoms with van der Waals surface area (Å²) in [7, 11) is 0.